The van der Waals surface area contributed by atoms with Crippen LogP contribution in [-0.2, 0) is 18.4 Å². The van der Waals surface area contributed by atoms with Gasteiger partial charge in [-0.1, -0.05) is 0 Å². The molecular formula is C12H20N4O. The number of aryl methyl sites for hydroxylation is 1. The molecule has 1 saturated carbocycles. The third-order valence-corrected chi connectivity index (χ3v) is 3.63. The second kappa shape index (κ2) is 4.87. The van der Waals surface area contributed by atoms with Gasteiger partial charge in [0.15, 0.2) is 0 Å². The number of rotatable bonds is 3. The Labute approximate surface area is 101 Å². The molecule has 1 heterocycles. The van der Waals surface area contributed by atoms with Crippen molar-refractivity contribution in [1.29, 1.82) is 0 Å². The van der Waals surface area contributed by atoms with Crippen LogP contribution in [0.5, 0.6) is 0 Å². The molecule has 0 radical (unpaired) electrons. The van der Waals surface area contributed by atoms with Gasteiger partial charge in [-0.25, -0.2) is 0 Å². The third-order valence-electron chi connectivity index (χ3n) is 3.63. The van der Waals surface area contributed by atoms with Crippen molar-refractivity contribution in [2.75, 3.05) is 0 Å². The van der Waals surface area contributed by atoms with Crippen LogP contribution in [0.15, 0.2) is 6.20 Å². The standard InChI is InChI=1S/C12H20N4O/c1-8-10(7-15-16(8)2)6-14-12(17)9-3-4-11(13)5-9/h7,9,11H,3-6,13H2,1-2H3,(H,14,17). The molecule has 5 heteroatoms. The average molecular weight is 236 g/mol. The van der Waals surface area contributed by atoms with Gasteiger partial charge in [-0.3, -0.25) is 9.48 Å². The first-order chi connectivity index (χ1) is 8.08. The minimum atomic E-state index is 0.0991. The minimum Gasteiger partial charge on any atom is -0.352 e. The van der Waals surface area contributed by atoms with Crippen molar-refractivity contribution in [1.82, 2.24) is 15.1 Å². The first-order valence-electron chi connectivity index (χ1n) is 6.08. The summed E-state index contributed by atoms with van der Waals surface area (Å²) in [6.07, 6.45) is 4.50. The minimum absolute atomic E-state index is 0.0991. The highest BCUT2D eigenvalue weighted by molar-refractivity contribution is 5.79. The Kier molecular flexibility index (Phi) is 3.47. The van der Waals surface area contributed by atoms with Gasteiger partial charge >= 0.3 is 0 Å². The van der Waals surface area contributed by atoms with Crippen molar-refractivity contribution in [3.05, 3.63) is 17.5 Å². The zero-order valence-electron chi connectivity index (χ0n) is 10.4. The second-order valence-electron chi connectivity index (χ2n) is 4.87. The number of aromatic nitrogens is 2. The molecule has 1 amide bonds. The van der Waals surface area contributed by atoms with Gasteiger partial charge in [0.2, 0.25) is 5.91 Å². The van der Waals surface area contributed by atoms with Crippen molar-refractivity contribution in [3.63, 3.8) is 0 Å². The van der Waals surface area contributed by atoms with Crippen LogP contribution < -0.4 is 11.1 Å². The molecule has 0 saturated heterocycles. The van der Waals surface area contributed by atoms with Crippen LogP contribution in [0.3, 0.4) is 0 Å². The average Bonchev–Trinajstić information content (AvgIpc) is 2.86. The monoisotopic (exact) mass is 236 g/mol. The molecule has 94 valence electrons. The molecule has 1 aromatic heterocycles. The molecular weight excluding hydrogens is 216 g/mol. The lowest BCUT2D eigenvalue weighted by Gasteiger charge is -2.10. The normalized spacial score (nSPS) is 23.9. The highest BCUT2D eigenvalue weighted by atomic mass is 16.1. The second-order valence-corrected chi connectivity index (χ2v) is 4.87. The lowest BCUT2D eigenvalue weighted by molar-refractivity contribution is -0.125. The van der Waals surface area contributed by atoms with E-state index in [4.69, 9.17) is 5.73 Å². The van der Waals surface area contributed by atoms with E-state index in [9.17, 15) is 4.79 Å². The SMILES string of the molecule is Cc1c(CNC(=O)C2CCC(N)C2)cnn1C. The van der Waals surface area contributed by atoms with Crippen molar-refractivity contribution in [2.24, 2.45) is 18.7 Å². The topological polar surface area (TPSA) is 72.9 Å². The highest BCUT2D eigenvalue weighted by Crippen LogP contribution is 2.24. The van der Waals surface area contributed by atoms with Gasteiger partial charge in [-0.05, 0) is 26.2 Å². The molecule has 0 aliphatic heterocycles. The Morgan fingerprint density at radius 2 is 2.41 bits per heavy atom. The molecule has 1 aliphatic carbocycles. The Morgan fingerprint density at radius 1 is 1.65 bits per heavy atom. The molecule has 1 aliphatic rings. The van der Waals surface area contributed by atoms with Crippen molar-refractivity contribution in [2.45, 2.75) is 38.8 Å². The van der Waals surface area contributed by atoms with Crippen molar-refractivity contribution >= 4 is 5.91 Å². The maximum atomic E-state index is 11.9. The smallest absolute Gasteiger partial charge is 0.223 e. The van der Waals surface area contributed by atoms with E-state index in [2.05, 4.69) is 10.4 Å². The summed E-state index contributed by atoms with van der Waals surface area (Å²) in [6.45, 7) is 2.56. The summed E-state index contributed by atoms with van der Waals surface area (Å²) in [5.74, 6) is 0.225. The van der Waals surface area contributed by atoms with E-state index in [1.165, 1.54) is 0 Å². The number of carbonyl (C=O) groups is 1. The first-order valence-corrected chi connectivity index (χ1v) is 6.08. The fourth-order valence-electron chi connectivity index (χ4n) is 2.30. The Bertz CT molecular complexity index is 413. The first kappa shape index (κ1) is 12.1. The lowest BCUT2D eigenvalue weighted by Crippen LogP contribution is -2.30. The van der Waals surface area contributed by atoms with E-state index in [-0.39, 0.29) is 17.9 Å². The summed E-state index contributed by atoms with van der Waals surface area (Å²) in [7, 11) is 1.90. The van der Waals surface area contributed by atoms with Crippen molar-refractivity contribution < 1.29 is 4.79 Å². The summed E-state index contributed by atoms with van der Waals surface area (Å²) >= 11 is 0. The van der Waals surface area contributed by atoms with Crippen LogP contribution in [0, 0.1) is 12.8 Å². The van der Waals surface area contributed by atoms with E-state index >= 15 is 0 Å². The van der Waals surface area contributed by atoms with Crippen LogP contribution >= 0.6 is 0 Å². The Morgan fingerprint density at radius 3 is 2.94 bits per heavy atom. The number of nitrogens with two attached hydrogens (primary N) is 1. The molecule has 5 nitrogen and oxygen atoms in total. The molecule has 3 N–H and O–H groups in total. The van der Waals surface area contributed by atoms with E-state index in [0.29, 0.717) is 6.54 Å². The van der Waals surface area contributed by atoms with E-state index in [1.807, 2.05) is 18.7 Å². The third kappa shape index (κ3) is 2.66. The Hall–Kier alpha value is -1.36. The van der Waals surface area contributed by atoms with E-state index in [0.717, 1.165) is 30.5 Å². The number of nitrogens with zero attached hydrogens (tertiary/aromatic N) is 2. The van der Waals surface area contributed by atoms with Crippen molar-refractivity contribution in [3.8, 4) is 0 Å². The summed E-state index contributed by atoms with van der Waals surface area (Å²) < 4.78 is 1.81. The van der Waals surface area contributed by atoms with Gasteiger partial charge in [0.05, 0.1) is 6.20 Å². The zero-order valence-corrected chi connectivity index (χ0v) is 10.4. The number of nitrogens with one attached hydrogen (secondary N) is 1. The number of hydrogen-bond acceptors (Lipinski definition) is 3. The van der Waals surface area contributed by atoms with Gasteiger partial charge in [-0.15, -0.1) is 0 Å². The Balaban J connectivity index is 1.86. The fourth-order valence-corrected chi connectivity index (χ4v) is 2.30. The van der Waals surface area contributed by atoms with E-state index in [1.54, 1.807) is 6.20 Å². The quantitative estimate of drug-likeness (QED) is 0.801. The molecule has 0 aromatic carbocycles. The molecule has 2 atom stereocenters. The van der Waals surface area contributed by atoms with Crippen LogP contribution in [0.25, 0.3) is 0 Å². The van der Waals surface area contributed by atoms with Crippen LogP contribution in [0.2, 0.25) is 0 Å². The van der Waals surface area contributed by atoms with Gasteiger partial charge in [-0.2, -0.15) is 5.10 Å². The van der Waals surface area contributed by atoms with Crippen LogP contribution in [0.4, 0.5) is 0 Å². The zero-order chi connectivity index (χ0) is 12.4. The van der Waals surface area contributed by atoms with Gasteiger partial charge < -0.3 is 11.1 Å². The summed E-state index contributed by atoms with van der Waals surface area (Å²) in [4.78, 5) is 11.9. The summed E-state index contributed by atoms with van der Waals surface area (Å²) in [6, 6.07) is 0.200. The predicted molar refractivity (Wildman–Crippen MR) is 65.1 cm³/mol. The lowest BCUT2D eigenvalue weighted by atomic mass is 10.1. The van der Waals surface area contributed by atoms with Gasteiger partial charge in [0.1, 0.15) is 0 Å². The predicted octanol–water partition coefficient (Wildman–Crippen LogP) is 0.472. The number of amides is 1. The molecule has 1 fully saturated rings. The fraction of sp³-hybridized carbons (Fsp3) is 0.667. The van der Waals surface area contributed by atoms with Crippen LogP contribution in [0.1, 0.15) is 30.5 Å². The highest BCUT2D eigenvalue weighted by Gasteiger charge is 2.27. The molecule has 2 rings (SSSR count). The van der Waals surface area contributed by atoms with Crippen LogP contribution in [-0.4, -0.2) is 21.7 Å². The molecule has 17 heavy (non-hydrogen) atoms. The summed E-state index contributed by atoms with van der Waals surface area (Å²) in [5.41, 5.74) is 7.97. The molecule has 0 spiro atoms. The maximum absolute atomic E-state index is 11.9. The van der Waals surface area contributed by atoms with E-state index < -0.39 is 0 Å². The molecule has 2 unspecified atom stereocenters. The maximum Gasteiger partial charge on any atom is 0.223 e. The molecule has 0 bridgehead atoms. The molecule has 1 aromatic rings. The number of carbonyl (C=O) groups excluding carboxylic acids is 1. The summed E-state index contributed by atoms with van der Waals surface area (Å²) in [5, 5.41) is 7.12. The van der Waals surface area contributed by atoms with Gasteiger partial charge in [0, 0.05) is 36.8 Å². The largest absolute Gasteiger partial charge is 0.352 e. The number of hydrogen-bond donors (Lipinski definition) is 2. The van der Waals surface area contributed by atoms with Gasteiger partial charge in [0.25, 0.3) is 0 Å².